The summed E-state index contributed by atoms with van der Waals surface area (Å²) < 4.78 is 26.4. The van der Waals surface area contributed by atoms with Crippen molar-refractivity contribution in [3.63, 3.8) is 0 Å². The van der Waals surface area contributed by atoms with Crippen LogP contribution in [-0.2, 0) is 13.1 Å². The average molecular weight is 500 g/mol. The van der Waals surface area contributed by atoms with Gasteiger partial charge in [-0.15, -0.1) is 0 Å². The third-order valence-corrected chi connectivity index (χ3v) is 7.31. The summed E-state index contributed by atoms with van der Waals surface area (Å²) in [6.45, 7) is 1.76. The maximum absolute atomic E-state index is 14.0. The summed E-state index contributed by atoms with van der Waals surface area (Å²) in [5.41, 5.74) is 9.54. The summed E-state index contributed by atoms with van der Waals surface area (Å²) in [5, 5.41) is 9.55. The van der Waals surface area contributed by atoms with Gasteiger partial charge in [0.05, 0.1) is 12.2 Å². The molecule has 2 aliphatic rings. The van der Waals surface area contributed by atoms with Gasteiger partial charge in [0.25, 0.3) is 0 Å². The number of halogens is 2. The zero-order valence-corrected chi connectivity index (χ0v) is 20.9. The fraction of sp³-hybridized carbons (Fsp3) is 0.281. The van der Waals surface area contributed by atoms with Crippen molar-refractivity contribution < 1.29 is 18.7 Å². The van der Waals surface area contributed by atoms with Gasteiger partial charge in [0.1, 0.15) is 6.67 Å². The van der Waals surface area contributed by atoms with E-state index < -0.39 is 12.6 Å². The lowest BCUT2D eigenvalue weighted by Gasteiger charge is -2.33. The lowest BCUT2D eigenvalue weighted by Crippen LogP contribution is -2.40. The minimum absolute atomic E-state index is 0.272. The van der Waals surface area contributed by atoms with Crippen LogP contribution in [0, 0.1) is 0 Å². The molecule has 3 aromatic carbocycles. The van der Waals surface area contributed by atoms with E-state index in [1.807, 2.05) is 30.3 Å². The van der Waals surface area contributed by atoms with E-state index in [0.717, 1.165) is 77.9 Å². The zero-order valence-electron chi connectivity index (χ0n) is 20.9. The fourth-order valence-corrected chi connectivity index (χ4v) is 5.49. The Hall–Kier alpha value is -3.57. The Morgan fingerprint density at radius 3 is 2.46 bits per heavy atom. The van der Waals surface area contributed by atoms with Crippen LogP contribution in [0.3, 0.4) is 0 Å². The minimum atomic E-state index is -0.933. The molecule has 3 aromatic rings. The summed E-state index contributed by atoms with van der Waals surface area (Å²) in [6.07, 6.45) is 5.19. The Morgan fingerprint density at radius 2 is 1.73 bits per heavy atom. The first-order valence-corrected chi connectivity index (χ1v) is 12.9. The summed E-state index contributed by atoms with van der Waals surface area (Å²) in [5.74, 6) is -0.933. The number of alkyl halides is 2. The Labute approximate surface area is 216 Å². The van der Waals surface area contributed by atoms with E-state index in [0.29, 0.717) is 12.0 Å². The number of carboxylic acids is 1. The maximum Gasteiger partial charge on any atom is 0.335 e. The van der Waals surface area contributed by atoms with Crippen LogP contribution in [0.2, 0.25) is 0 Å². The largest absolute Gasteiger partial charge is 0.478 e. The molecule has 190 valence electrons. The highest BCUT2D eigenvalue weighted by molar-refractivity contribution is 6.01. The van der Waals surface area contributed by atoms with Gasteiger partial charge in [-0.1, -0.05) is 60.7 Å². The van der Waals surface area contributed by atoms with E-state index in [2.05, 4.69) is 35.2 Å². The zero-order chi connectivity index (χ0) is 25.8. The SMILES string of the molecule is O=C(O)c1ccc2c(c1)CCCC(c1ccccc1CF)=C2c1ccc(C=C2CN(CCCF)C2)cc1. The molecule has 0 saturated carbocycles. The van der Waals surface area contributed by atoms with Crippen LogP contribution >= 0.6 is 0 Å². The van der Waals surface area contributed by atoms with Crippen molar-refractivity contribution in [1.29, 1.82) is 0 Å². The molecule has 1 aliphatic carbocycles. The van der Waals surface area contributed by atoms with E-state index in [-0.39, 0.29) is 12.2 Å². The van der Waals surface area contributed by atoms with E-state index >= 15 is 0 Å². The van der Waals surface area contributed by atoms with Crippen molar-refractivity contribution in [2.24, 2.45) is 0 Å². The van der Waals surface area contributed by atoms with Crippen molar-refractivity contribution >= 4 is 23.2 Å². The van der Waals surface area contributed by atoms with Crippen molar-refractivity contribution in [1.82, 2.24) is 4.90 Å². The number of hydrogen-bond acceptors (Lipinski definition) is 2. The lowest BCUT2D eigenvalue weighted by molar-refractivity contribution is 0.0696. The molecular weight excluding hydrogens is 468 g/mol. The number of carboxylic acid groups (broad SMARTS) is 1. The fourth-order valence-electron chi connectivity index (χ4n) is 5.49. The number of hydrogen-bond donors (Lipinski definition) is 1. The second-order valence-electron chi connectivity index (χ2n) is 9.85. The number of aromatic carboxylic acids is 1. The molecule has 5 rings (SSSR count). The number of allylic oxidation sites excluding steroid dienone is 1. The van der Waals surface area contributed by atoms with Crippen molar-refractivity contribution in [3.8, 4) is 0 Å². The smallest absolute Gasteiger partial charge is 0.335 e. The topological polar surface area (TPSA) is 40.5 Å². The van der Waals surface area contributed by atoms with E-state index in [1.54, 1.807) is 12.1 Å². The number of rotatable bonds is 8. The van der Waals surface area contributed by atoms with Crippen LogP contribution in [0.4, 0.5) is 8.78 Å². The normalized spacial score (nSPS) is 15.7. The molecule has 1 saturated heterocycles. The molecule has 0 bridgehead atoms. The van der Waals surface area contributed by atoms with Crippen LogP contribution < -0.4 is 0 Å². The summed E-state index contributed by atoms with van der Waals surface area (Å²) in [4.78, 5) is 13.9. The Balaban J connectivity index is 1.55. The highest BCUT2D eigenvalue weighted by Crippen LogP contribution is 2.41. The predicted octanol–water partition coefficient (Wildman–Crippen LogP) is 7.21. The number of aryl methyl sites for hydroxylation is 1. The van der Waals surface area contributed by atoms with Gasteiger partial charge in [-0.25, -0.2) is 9.18 Å². The third kappa shape index (κ3) is 5.42. The molecule has 37 heavy (non-hydrogen) atoms. The molecule has 0 atom stereocenters. The summed E-state index contributed by atoms with van der Waals surface area (Å²) in [7, 11) is 0. The van der Waals surface area contributed by atoms with Crippen LogP contribution in [-0.4, -0.2) is 42.3 Å². The van der Waals surface area contributed by atoms with Gasteiger partial charge in [0.15, 0.2) is 0 Å². The highest BCUT2D eigenvalue weighted by atomic mass is 19.1. The second-order valence-corrected chi connectivity index (χ2v) is 9.85. The van der Waals surface area contributed by atoms with Crippen molar-refractivity contribution in [3.05, 3.63) is 111 Å². The third-order valence-electron chi connectivity index (χ3n) is 7.31. The lowest BCUT2D eigenvalue weighted by atomic mass is 9.85. The first kappa shape index (κ1) is 25.1. The summed E-state index contributed by atoms with van der Waals surface area (Å²) in [6, 6.07) is 21.4. The Kier molecular flexibility index (Phi) is 7.61. The molecule has 1 aliphatic heterocycles. The molecule has 3 nitrogen and oxygen atoms in total. The number of carbonyl (C=O) groups is 1. The second kappa shape index (κ2) is 11.2. The standard InChI is InChI=1S/C32H31F2NO2/c33-15-4-16-35-20-23(21-35)17-22-9-11-24(12-10-22)31-29-14-13-26(32(36)37)18-25(29)6-3-8-30(31)28-7-2-1-5-27(28)19-34/h1-2,5,7,9-14,17-18H,3-4,6,8,15-16,19-21H2,(H,36,37). The Morgan fingerprint density at radius 1 is 0.946 bits per heavy atom. The van der Waals surface area contributed by atoms with E-state index in [1.165, 1.54) is 5.57 Å². The van der Waals surface area contributed by atoms with Crippen LogP contribution in [0.1, 0.15) is 63.0 Å². The first-order valence-electron chi connectivity index (χ1n) is 12.9. The van der Waals surface area contributed by atoms with Gasteiger partial charge in [0, 0.05) is 19.6 Å². The molecular formula is C32H31F2NO2. The molecule has 0 aromatic heterocycles. The number of benzene rings is 3. The van der Waals surface area contributed by atoms with Crippen LogP contribution in [0.5, 0.6) is 0 Å². The van der Waals surface area contributed by atoms with Gasteiger partial charge in [-0.2, -0.15) is 0 Å². The van der Waals surface area contributed by atoms with E-state index in [9.17, 15) is 18.7 Å². The number of fused-ring (bicyclic) bond motifs is 1. The van der Waals surface area contributed by atoms with Crippen molar-refractivity contribution in [2.45, 2.75) is 32.4 Å². The molecule has 1 heterocycles. The monoisotopic (exact) mass is 499 g/mol. The molecule has 1 N–H and O–H groups in total. The molecule has 0 unspecified atom stereocenters. The molecule has 5 heteroatoms. The van der Waals surface area contributed by atoms with Gasteiger partial charge in [0.2, 0.25) is 0 Å². The molecule has 0 spiro atoms. The van der Waals surface area contributed by atoms with Crippen LogP contribution in [0.25, 0.3) is 17.2 Å². The number of likely N-dealkylation sites (tertiary alicyclic amines) is 1. The minimum Gasteiger partial charge on any atom is -0.478 e. The quantitative estimate of drug-likeness (QED) is 0.356. The maximum atomic E-state index is 14.0. The number of nitrogens with zero attached hydrogens (tertiary/aromatic N) is 1. The Bertz CT molecular complexity index is 1350. The molecule has 0 radical (unpaired) electrons. The molecule has 1 fully saturated rings. The van der Waals surface area contributed by atoms with Gasteiger partial charge < -0.3 is 5.11 Å². The van der Waals surface area contributed by atoms with E-state index in [4.69, 9.17) is 0 Å². The van der Waals surface area contributed by atoms with Crippen molar-refractivity contribution in [2.75, 3.05) is 26.3 Å². The van der Waals surface area contributed by atoms with Crippen LogP contribution in [0.15, 0.2) is 72.3 Å². The van der Waals surface area contributed by atoms with Gasteiger partial charge in [-0.05, 0) is 87.9 Å². The highest BCUT2D eigenvalue weighted by Gasteiger charge is 2.23. The summed E-state index contributed by atoms with van der Waals surface area (Å²) >= 11 is 0. The predicted molar refractivity (Wildman–Crippen MR) is 145 cm³/mol. The van der Waals surface area contributed by atoms with Gasteiger partial charge in [-0.3, -0.25) is 9.29 Å². The first-order chi connectivity index (χ1) is 18.1. The van der Waals surface area contributed by atoms with Gasteiger partial charge >= 0.3 is 5.97 Å². The molecule has 0 amide bonds. The average Bonchev–Trinajstić information content (AvgIpc) is 3.09.